The highest BCUT2D eigenvalue weighted by atomic mass is 16.7. The highest BCUT2D eigenvalue weighted by Crippen LogP contribution is 2.27. The van der Waals surface area contributed by atoms with Crippen LogP contribution in [0, 0.1) is 0 Å². The lowest BCUT2D eigenvalue weighted by Crippen LogP contribution is -2.52. The van der Waals surface area contributed by atoms with Gasteiger partial charge in [0.15, 0.2) is 6.29 Å². The molecule has 2 fully saturated rings. The van der Waals surface area contributed by atoms with Gasteiger partial charge < -0.3 is 15.2 Å². The number of ether oxygens (including phenoxy) is 1. The first-order valence-electron chi connectivity index (χ1n) is 2.90. The topological polar surface area (TPSA) is 61.9 Å². The fourth-order valence-electron chi connectivity index (χ4n) is 0.993. The van der Waals surface area contributed by atoms with Crippen molar-refractivity contribution in [2.75, 3.05) is 0 Å². The van der Waals surface area contributed by atoms with Gasteiger partial charge in [0.1, 0.15) is 6.10 Å². The lowest BCUT2D eigenvalue weighted by atomic mass is 10.0. The Kier molecular flexibility index (Phi) is 0.841. The van der Waals surface area contributed by atoms with E-state index in [1.807, 2.05) is 0 Å². The molecule has 4 heteroatoms. The predicted octanol–water partition coefficient (Wildman–Crippen LogP) is -1.41. The summed E-state index contributed by atoms with van der Waals surface area (Å²) in [7, 11) is 0. The standard InChI is InChI=1S/C5H7NO3/c7-3-1-2(6-3)4-5(8)9-4/h2,4-5,8H,1H2,(H,6,7). The Morgan fingerprint density at radius 3 is 2.67 bits per heavy atom. The number of aliphatic hydroxyl groups excluding tert-OH is 1. The highest BCUT2D eigenvalue weighted by Gasteiger charge is 2.48. The van der Waals surface area contributed by atoms with Gasteiger partial charge in [-0.1, -0.05) is 0 Å². The lowest BCUT2D eigenvalue weighted by Gasteiger charge is -2.24. The smallest absolute Gasteiger partial charge is 0.222 e. The largest absolute Gasteiger partial charge is 0.366 e. The SMILES string of the molecule is O=C1CC(C2OC2O)N1. The van der Waals surface area contributed by atoms with Crippen molar-refractivity contribution in [1.29, 1.82) is 0 Å². The molecule has 0 aromatic rings. The van der Waals surface area contributed by atoms with Gasteiger partial charge in [0.25, 0.3) is 0 Å². The summed E-state index contributed by atoms with van der Waals surface area (Å²) in [6.45, 7) is 0. The van der Waals surface area contributed by atoms with Crippen molar-refractivity contribution in [2.24, 2.45) is 0 Å². The number of β-lactam (4-membered cyclic amide) rings is 1. The number of amides is 1. The normalized spacial score (nSPS) is 47.7. The minimum absolute atomic E-state index is 0.0442. The van der Waals surface area contributed by atoms with Crippen LogP contribution >= 0.6 is 0 Å². The number of carbonyl (C=O) groups is 1. The maximum Gasteiger partial charge on any atom is 0.222 e. The molecule has 0 saturated carbocycles. The molecule has 3 unspecified atom stereocenters. The van der Waals surface area contributed by atoms with Gasteiger partial charge in [-0.15, -0.1) is 0 Å². The molecule has 0 aromatic carbocycles. The molecule has 4 nitrogen and oxygen atoms in total. The second-order valence-electron chi connectivity index (χ2n) is 2.37. The summed E-state index contributed by atoms with van der Waals surface area (Å²) in [6, 6.07) is 0.0764. The monoisotopic (exact) mass is 129 g/mol. The van der Waals surface area contributed by atoms with E-state index in [1.54, 1.807) is 0 Å². The van der Waals surface area contributed by atoms with E-state index in [2.05, 4.69) is 5.32 Å². The van der Waals surface area contributed by atoms with Gasteiger partial charge in [-0.2, -0.15) is 0 Å². The molecular formula is C5H7NO3. The quantitative estimate of drug-likeness (QED) is 0.338. The molecule has 9 heavy (non-hydrogen) atoms. The van der Waals surface area contributed by atoms with Crippen LogP contribution < -0.4 is 5.32 Å². The molecule has 3 atom stereocenters. The number of hydrogen-bond donors (Lipinski definition) is 2. The Labute approximate surface area is 51.8 Å². The van der Waals surface area contributed by atoms with E-state index in [0.717, 1.165) is 0 Å². The van der Waals surface area contributed by atoms with Crippen LogP contribution in [0.5, 0.6) is 0 Å². The van der Waals surface area contributed by atoms with E-state index in [0.29, 0.717) is 6.42 Å². The van der Waals surface area contributed by atoms with Crippen molar-refractivity contribution in [3.63, 3.8) is 0 Å². The number of rotatable bonds is 1. The highest BCUT2D eigenvalue weighted by molar-refractivity contribution is 5.83. The van der Waals surface area contributed by atoms with Gasteiger partial charge in [0.05, 0.1) is 6.04 Å². The summed E-state index contributed by atoms with van der Waals surface area (Å²) in [4.78, 5) is 10.3. The van der Waals surface area contributed by atoms with E-state index < -0.39 is 6.29 Å². The first-order valence-corrected chi connectivity index (χ1v) is 2.90. The van der Waals surface area contributed by atoms with Crippen LogP contribution in [0.3, 0.4) is 0 Å². The molecule has 50 valence electrons. The molecule has 0 aromatic heterocycles. The summed E-state index contributed by atoms with van der Waals surface area (Å²) in [5.41, 5.74) is 0. The first kappa shape index (κ1) is 5.20. The Hall–Kier alpha value is -0.610. The van der Waals surface area contributed by atoms with E-state index in [9.17, 15) is 4.79 Å². The van der Waals surface area contributed by atoms with Crippen molar-refractivity contribution in [3.05, 3.63) is 0 Å². The van der Waals surface area contributed by atoms with Crippen LogP contribution in [0.15, 0.2) is 0 Å². The lowest BCUT2D eigenvalue weighted by molar-refractivity contribution is -0.128. The van der Waals surface area contributed by atoms with E-state index in [1.165, 1.54) is 0 Å². The van der Waals surface area contributed by atoms with Crippen molar-refractivity contribution in [3.8, 4) is 0 Å². The van der Waals surface area contributed by atoms with Crippen LogP contribution in [0.4, 0.5) is 0 Å². The van der Waals surface area contributed by atoms with E-state index >= 15 is 0 Å². The number of epoxide rings is 1. The van der Waals surface area contributed by atoms with Gasteiger partial charge >= 0.3 is 0 Å². The zero-order chi connectivity index (χ0) is 6.43. The number of hydrogen-bond acceptors (Lipinski definition) is 3. The van der Waals surface area contributed by atoms with Crippen molar-refractivity contribution < 1.29 is 14.6 Å². The van der Waals surface area contributed by atoms with Crippen LogP contribution in [-0.2, 0) is 9.53 Å². The number of nitrogens with one attached hydrogen (secondary N) is 1. The van der Waals surface area contributed by atoms with Crippen molar-refractivity contribution in [2.45, 2.75) is 24.9 Å². The van der Waals surface area contributed by atoms with Crippen molar-refractivity contribution in [1.82, 2.24) is 5.32 Å². The maximum atomic E-state index is 10.3. The molecule has 2 aliphatic heterocycles. The first-order chi connectivity index (χ1) is 4.27. The molecule has 1 amide bonds. The van der Waals surface area contributed by atoms with Gasteiger partial charge in [-0.05, 0) is 0 Å². The summed E-state index contributed by atoms with van der Waals surface area (Å²) >= 11 is 0. The van der Waals surface area contributed by atoms with Gasteiger partial charge in [-0.25, -0.2) is 0 Å². The molecule has 0 aliphatic carbocycles. The van der Waals surface area contributed by atoms with Crippen LogP contribution in [0.2, 0.25) is 0 Å². The zero-order valence-corrected chi connectivity index (χ0v) is 4.70. The number of aliphatic hydroxyl groups is 1. The molecule has 0 radical (unpaired) electrons. The molecule has 0 bridgehead atoms. The second kappa shape index (κ2) is 1.46. The van der Waals surface area contributed by atoms with Crippen molar-refractivity contribution >= 4 is 5.91 Å². The van der Waals surface area contributed by atoms with E-state index in [4.69, 9.17) is 9.84 Å². The Balaban J connectivity index is 1.84. The Bertz CT molecular complexity index is 150. The van der Waals surface area contributed by atoms with Gasteiger partial charge in [0, 0.05) is 6.42 Å². The second-order valence-corrected chi connectivity index (χ2v) is 2.37. The van der Waals surface area contributed by atoms with E-state index in [-0.39, 0.29) is 18.1 Å². The Morgan fingerprint density at radius 2 is 2.33 bits per heavy atom. The molecule has 2 saturated heterocycles. The minimum Gasteiger partial charge on any atom is -0.366 e. The minimum atomic E-state index is -0.629. The number of carbonyl (C=O) groups excluding carboxylic acids is 1. The molecule has 2 aliphatic rings. The third-order valence-electron chi connectivity index (χ3n) is 1.65. The summed E-state index contributed by atoms with van der Waals surface area (Å²) in [5, 5.41) is 11.3. The van der Waals surface area contributed by atoms with Gasteiger partial charge in [-0.3, -0.25) is 4.79 Å². The Morgan fingerprint density at radius 1 is 1.78 bits per heavy atom. The average Bonchev–Trinajstić information content (AvgIpc) is 2.38. The summed E-state index contributed by atoms with van der Waals surface area (Å²) in [5.74, 6) is 0.0442. The molecule has 0 spiro atoms. The third-order valence-corrected chi connectivity index (χ3v) is 1.65. The fourth-order valence-corrected chi connectivity index (χ4v) is 0.993. The summed E-state index contributed by atoms with van der Waals surface area (Å²) in [6.07, 6.45) is -0.250. The van der Waals surface area contributed by atoms with Crippen LogP contribution in [0.1, 0.15) is 6.42 Å². The van der Waals surface area contributed by atoms with Gasteiger partial charge in [0.2, 0.25) is 5.91 Å². The fraction of sp³-hybridized carbons (Fsp3) is 0.800. The molecule has 2 heterocycles. The molecular weight excluding hydrogens is 122 g/mol. The average molecular weight is 129 g/mol. The zero-order valence-electron chi connectivity index (χ0n) is 4.70. The molecule has 2 rings (SSSR count). The predicted molar refractivity (Wildman–Crippen MR) is 27.4 cm³/mol. The maximum absolute atomic E-state index is 10.3. The van der Waals surface area contributed by atoms with Crippen LogP contribution in [0.25, 0.3) is 0 Å². The van der Waals surface area contributed by atoms with Crippen LogP contribution in [-0.4, -0.2) is 29.4 Å². The molecule has 2 N–H and O–H groups in total. The third kappa shape index (κ3) is 0.710. The summed E-state index contributed by atoms with van der Waals surface area (Å²) < 4.78 is 4.71.